The molecular weight excluding hydrogens is 328 g/mol. The number of hydrogen-bond donors (Lipinski definition) is 2. The number of aryl methyl sites for hydroxylation is 1. The maximum Gasteiger partial charge on any atom is 0.223 e. The molecular formula is C20H32N4O2. The van der Waals surface area contributed by atoms with E-state index in [1.807, 2.05) is 10.8 Å². The van der Waals surface area contributed by atoms with E-state index in [4.69, 9.17) is 0 Å². The summed E-state index contributed by atoms with van der Waals surface area (Å²) in [6.07, 6.45) is 9.91. The van der Waals surface area contributed by atoms with E-state index in [9.17, 15) is 9.59 Å². The highest BCUT2D eigenvalue weighted by Crippen LogP contribution is 2.50. The molecule has 0 radical (unpaired) electrons. The maximum absolute atomic E-state index is 12.2. The Morgan fingerprint density at radius 1 is 1.23 bits per heavy atom. The molecule has 2 fully saturated rings. The minimum absolute atomic E-state index is 0.109. The van der Waals surface area contributed by atoms with E-state index in [0.717, 1.165) is 32.2 Å². The molecule has 6 heteroatoms. The molecule has 0 spiro atoms. The van der Waals surface area contributed by atoms with Gasteiger partial charge in [0, 0.05) is 43.9 Å². The van der Waals surface area contributed by atoms with Crippen molar-refractivity contribution >= 4 is 11.8 Å². The summed E-state index contributed by atoms with van der Waals surface area (Å²) in [5.74, 6) is 1.71. The van der Waals surface area contributed by atoms with E-state index in [2.05, 4.69) is 36.4 Å². The maximum atomic E-state index is 12.2. The zero-order valence-corrected chi connectivity index (χ0v) is 16.2. The molecule has 26 heavy (non-hydrogen) atoms. The summed E-state index contributed by atoms with van der Waals surface area (Å²) < 4.78 is 1.91. The molecule has 1 aromatic heterocycles. The van der Waals surface area contributed by atoms with E-state index >= 15 is 0 Å². The lowest BCUT2D eigenvalue weighted by Crippen LogP contribution is -2.45. The second kappa shape index (κ2) is 7.80. The standard InChI is InChI=1S/C20H32N4O2/c1-20(2,3)17-12-16(17)19(26)22-6-4-14-10-15(11-14)23-18(25)5-8-24-9-7-21-13-24/h7,9,13-17H,4-6,8,10-12H2,1-3H3,(H,22,26)(H,23,25)/t14?,15?,16-,17-/m1/s1. The second-order valence-electron chi connectivity index (χ2n) is 9.05. The number of nitrogens with zero attached hydrogens (tertiary/aromatic N) is 2. The van der Waals surface area contributed by atoms with Crippen molar-refractivity contribution in [3.8, 4) is 0 Å². The van der Waals surface area contributed by atoms with Gasteiger partial charge in [-0.1, -0.05) is 20.8 Å². The van der Waals surface area contributed by atoms with Crippen molar-refractivity contribution < 1.29 is 9.59 Å². The minimum Gasteiger partial charge on any atom is -0.356 e. The Kier molecular flexibility index (Phi) is 5.68. The van der Waals surface area contributed by atoms with Gasteiger partial charge in [-0.05, 0) is 42.9 Å². The lowest BCUT2D eigenvalue weighted by molar-refractivity contribution is -0.123. The van der Waals surface area contributed by atoms with Gasteiger partial charge in [0.1, 0.15) is 0 Å². The van der Waals surface area contributed by atoms with Gasteiger partial charge >= 0.3 is 0 Å². The monoisotopic (exact) mass is 360 g/mol. The molecule has 2 N–H and O–H groups in total. The molecule has 0 unspecified atom stereocenters. The summed E-state index contributed by atoms with van der Waals surface area (Å²) >= 11 is 0. The predicted molar refractivity (Wildman–Crippen MR) is 100 cm³/mol. The van der Waals surface area contributed by atoms with Gasteiger partial charge in [0.05, 0.1) is 6.33 Å². The fourth-order valence-corrected chi connectivity index (χ4v) is 4.01. The van der Waals surface area contributed by atoms with Crippen molar-refractivity contribution in [3.63, 3.8) is 0 Å². The Morgan fingerprint density at radius 3 is 2.62 bits per heavy atom. The van der Waals surface area contributed by atoms with Gasteiger partial charge in [0.2, 0.25) is 11.8 Å². The van der Waals surface area contributed by atoms with Crippen LogP contribution in [-0.4, -0.2) is 34.0 Å². The van der Waals surface area contributed by atoms with Gasteiger partial charge in [-0.2, -0.15) is 0 Å². The summed E-state index contributed by atoms with van der Waals surface area (Å²) in [4.78, 5) is 28.1. The number of carbonyl (C=O) groups excluding carboxylic acids is 2. The van der Waals surface area contributed by atoms with Crippen LogP contribution in [-0.2, 0) is 16.1 Å². The highest BCUT2D eigenvalue weighted by molar-refractivity contribution is 5.81. The van der Waals surface area contributed by atoms with E-state index in [0.29, 0.717) is 30.8 Å². The normalized spacial score (nSPS) is 27.5. The smallest absolute Gasteiger partial charge is 0.223 e. The number of nitrogens with one attached hydrogen (secondary N) is 2. The third kappa shape index (κ3) is 5.08. The fraction of sp³-hybridized carbons (Fsp3) is 0.750. The van der Waals surface area contributed by atoms with Gasteiger partial charge in [-0.15, -0.1) is 0 Å². The SMILES string of the molecule is CC(C)(C)[C@@H]1C[C@H]1C(=O)NCCC1CC(NC(=O)CCn2ccnc2)C1. The first-order chi connectivity index (χ1) is 12.3. The average Bonchev–Trinajstić information content (AvgIpc) is 3.20. The van der Waals surface area contributed by atoms with Crippen LogP contribution in [0.4, 0.5) is 0 Å². The summed E-state index contributed by atoms with van der Waals surface area (Å²) in [5.41, 5.74) is 0.235. The van der Waals surface area contributed by atoms with Crippen molar-refractivity contribution in [1.82, 2.24) is 20.2 Å². The molecule has 2 aliphatic carbocycles. The molecule has 0 saturated heterocycles. The van der Waals surface area contributed by atoms with Crippen molar-refractivity contribution in [1.29, 1.82) is 0 Å². The predicted octanol–water partition coefficient (Wildman–Crippen LogP) is 2.36. The van der Waals surface area contributed by atoms with Gasteiger partial charge < -0.3 is 15.2 Å². The molecule has 2 aliphatic rings. The molecule has 0 aliphatic heterocycles. The highest BCUT2D eigenvalue weighted by Gasteiger charge is 2.49. The largest absolute Gasteiger partial charge is 0.356 e. The summed E-state index contributed by atoms with van der Waals surface area (Å²) in [5, 5.41) is 6.20. The third-order valence-electron chi connectivity index (χ3n) is 5.85. The third-order valence-corrected chi connectivity index (χ3v) is 5.85. The van der Waals surface area contributed by atoms with Crippen LogP contribution in [0.5, 0.6) is 0 Å². The van der Waals surface area contributed by atoms with Crippen LogP contribution in [0.2, 0.25) is 0 Å². The van der Waals surface area contributed by atoms with E-state index in [-0.39, 0.29) is 23.1 Å². The van der Waals surface area contributed by atoms with Crippen molar-refractivity contribution in [2.45, 2.75) is 65.5 Å². The number of imidazole rings is 1. The molecule has 2 saturated carbocycles. The Balaban J connectivity index is 1.22. The van der Waals surface area contributed by atoms with Gasteiger partial charge in [0.15, 0.2) is 0 Å². The molecule has 1 heterocycles. The van der Waals surface area contributed by atoms with Crippen LogP contribution < -0.4 is 10.6 Å². The van der Waals surface area contributed by atoms with E-state index < -0.39 is 0 Å². The van der Waals surface area contributed by atoms with Gasteiger partial charge in [-0.25, -0.2) is 4.98 Å². The van der Waals surface area contributed by atoms with Crippen molar-refractivity contribution in [2.24, 2.45) is 23.2 Å². The lowest BCUT2D eigenvalue weighted by Gasteiger charge is -2.36. The highest BCUT2D eigenvalue weighted by atomic mass is 16.2. The molecule has 144 valence electrons. The number of rotatable bonds is 8. The van der Waals surface area contributed by atoms with Gasteiger partial charge in [0.25, 0.3) is 0 Å². The van der Waals surface area contributed by atoms with Crippen molar-refractivity contribution in [2.75, 3.05) is 6.54 Å². The Labute approximate surface area is 156 Å². The Hall–Kier alpha value is -1.85. The zero-order valence-electron chi connectivity index (χ0n) is 16.2. The average molecular weight is 361 g/mol. The molecule has 0 bridgehead atoms. The number of hydrogen-bond acceptors (Lipinski definition) is 3. The first-order valence-corrected chi connectivity index (χ1v) is 9.85. The fourth-order valence-electron chi connectivity index (χ4n) is 4.01. The van der Waals surface area contributed by atoms with E-state index in [1.165, 1.54) is 0 Å². The minimum atomic E-state index is 0.109. The summed E-state index contributed by atoms with van der Waals surface area (Å²) in [7, 11) is 0. The molecule has 1 aromatic rings. The lowest BCUT2D eigenvalue weighted by atomic mass is 9.78. The first-order valence-electron chi connectivity index (χ1n) is 9.85. The molecule has 2 amide bonds. The van der Waals surface area contributed by atoms with Crippen LogP contribution in [0, 0.1) is 23.2 Å². The van der Waals surface area contributed by atoms with Crippen LogP contribution in [0.25, 0.3) is 0 Å². The number of aromatic nitrogens is 2. The number of carbonyl (C=O) groups is 2. The van der Waals surface area contributed by atoms with Crippen LogP contribution in [0.3, 0.4) is 0 Å². The van der Waals surface area contributed by atoms with Crippen molar-refractivity contribution in [3.05, 3.63) is 18.7 Å². The second-order valence-corrected chi connectivity index (χ2v) is 9.05. The summed E-state index contributed by atoms with van der Waals surface area (Å²) in [6.45, 7) is 8.07. The zero-order chi connectivity index (χ0) is 18.7. The van der Waals surface area contributed by atoms with Crippen LogP contribution in [0.1, 0.15) is 52.9 Å². The van der Waals surface area contributed by atoms with Gasteiger partial charge in [-0.3, -0.25) is 9.59 Å². The molecule has 2 atom stereocenters. The van der Waals surface area contributed by atoms with Crippen LogP contribution >= 0.6 is 0 Å². The topological polar surface area (TPSA) is 76.0 Å². The number of amides is 2. The Morgan fingerprint density at radius 2 is 2.00 bits per heavy atom. The van der Waals surface area contributed by atoms with E-state index in [1.54, 1.807) is 12.5 Å². The summed E-state index contributed by atoms with van der Waals surface area (Å²) in [6, 6.07) is 0.305. The molecule has 0 aromatic carbocycles. The van der Waals surface area contributed by atoms with Crippen LogP contribution in [0.15, 0.2) is 18.7 Å². The quantitative estimate of drug-likeness (QED) is 0.747. The Bertz CT molecular complexity index is 614. The first kappa shape index (κ1) is 18.9. The molecule has 3 rings (SSSR count). The molecule has 6 nitrogen and oxygen atoms in total.